The normalized spacial score (nSPS) is 32.3. The minimum atomic E-state index is -1.10. The number of aliphatic hydroxyl groups excluding tert-OH is 2. The monoisotopic (exact) mass is 622 g/mol. The lowest BCUT2D eigenvalue weighted by Crippen LogP contribution is -2.59. The van der Waals surface area contributed by atoms with E-state index in [1.807, 2.05) is 4.90 Å². The topological polar surface area (TPSA) is 125 Å². The van der Waals surface area contributed by atoms with Gasteiger partial charge in [-0.05, 0) is 86.3 Å². The number of rotatable bonds is 14. The number of aldehydes is 1. The third-order valence-electron chi connectivity index (χ3n) is 11.3. The van der Waals surface area contributed by atoms with Gasteiger partial charge in [0.2, 0.25) is 11.8 Å². The van der Waals surface area contributed by atoms with Gasteiger partial charge < -0.3 is 29.9 Å². The molecule has 1 aromatic rings. The molecule has 4 atom stereocenters. The number of fused-ring (bicyclic) bond motifs is 3. The second-order valence-corrected chi connectivity index (χ2v) is 14.5. The van der Waals surface area contributed by atoms with Crippen LogP contribution in [-0.2, 0) is 9.59 Å². The molecule has 0 radical (unpaired) electrons. The first-order valence-electron chi connectivity index (χ1n) is 17.2. The van der Waals surface area contributed by atoms with Crippen LogP contribution < -0.4 is 14.8 Å². The molecule has 1 heterocycles. The van der Waals surface area contributed by atoms with Crippen molar-refractivity contribution in [1.29, 1.82) is 0 Å². The summed E-state index contributed by atoms with van der Waals surface area (Å²) >= 11 is 0. The molecule has 246 valence electrons. The third-order valence-corrected chi connectivity index (χ3v) is 11.3. The molecule has 4 bridgehead atoms. The Hall–Kier alpha value is -2.91. The number of amides is 2. The number of methoxy groups -OCH3 is 1. The fourth-order valence-electron chi connectivity index (χ4n) is 9.79. The van der Waals surface area contributed by atoms with Gasteiger partial charge in [0.15, 0.2) is 11.5 Å². The summed E-state index contributed by atoms with van der Waals surface area (Å²) in [6, 6.07) is 2.52. The summed E-state index contributed by atoms with van der Waals surface area (Å²) in [6.07, 6.45) is 13.4. The van der Waals surface area contributed by atoms with Crippen molar-refractivity contribution in [2.75, 3.05) is 26.8 Å². The Kier molecular flexibility index (Phi) is 9.57. The lowest BCUT2D eigenvalue weighted by Gasteiger charge is -2.58. The number of carbonyl (C=O) groups is 3. The number of nitrogens with one attached hydrogen (secondary N) is 1. The Morgan fingerprint density at radius 1 is 1.09 bits per heavy atom. The zero-order valence-corrected chi connectivity index (χ0v) is 26.8. The van der Waals surface area contributed by atoms with E-state index in [0.29, 0.717) is 58.9 Å². The predicted octanol–water partition coefficient (Wildman–Crippen LogP) is 4.54. The largest absolute Gasteiger partial charge is 0.493 e. The molecule has 0 aromatic heterocycles. The van der Waals surface area contributed by atoms with Gasteiger partial charge in [-0.3, -0.25) is 14.4 Å². The standard InChI is InChI=1S/C36H50N2O7/c1-3-4-5-6-7-8-30(41)38(21-36-17-22-11-23(18-36)13-24(12-22)19-36)28-16-27(35(43)37-9-10-39)31-26-14-25(20-40)15-29(44-2)33(26)45-34(31)32(28)42/h14-16,20,22-24,28,31-32,34,39,42H,3-13,17-19,21H2,1-2H3,(H,37,43)/t22?,23?,24?,28-,31+,32+,34+,36?/m1/s1. The quantitative estimate of drug-likeness (QED) is 0.206. The highest BCUT2D eigenvalue weighted by Crippen LogP contribution is 2.60. The molecule has 9 heteroatoms. The van der Waals surface area contributed by atoms with E-state index in [4.69, 9.17) is 9.47 Å². The van der Waals surface area contributed by atoms with E-state index in [0.717, 1.165) is 57.7 Å². The van der Waals surface area contributed by atoms with Crippen LogP contribution in [0.15, 0.2) is 23.8 Å². The summed E-state index contributed by atoms with van der Waals surface area (Å²) in [6.45, 7) is 2.61. The van der Waals surface area contributed by atoms with Crippen LogP contribution in [0.4, 0.5) is 0 Å². The lowest BCUT2D eigenvalue weighted by molar-refractivity contribution is -0.145. The molecular formula is C36H50N2O7. The number of hydrogen-bond donors (Lipinski definition) is 3. The molecule has 1 aliphatic heterocycles. The van der Waals surface area contributed by atoms with Gasteiger partial charge in [0.1, 0.15) is 18.5 Å². The fraction of sp³-hybridized carbons (Fsp3) is 0.694. The Bertz CT molecular complexity index is 1270. The van der Waals surface area contributed by atoms with Gasteiger partial charge in [-0.1, -0.05) is 32.6 Å². The van der Waals surface area contributed by atoms with Gasteiger partial charge in [0, 0.05) is 36.2 Å². The average molecular weight is 623 g/mol. The molecule has 4 saturated carbocycles. The van der Waals surface area contributed by atoms with Gasteiger partial charge in [-0.15, -0.1) is 0 Å². The molecule has 0 unspecified atom stereocenters. The van der Waals surface area contributed by atoms with E-state index in [-0.39, 0.29) is 30.4 Å². The van der Waals surface area contributed by atoms with Crippen molar-refractivity contribution in [1.82, 2.24) is 10.2 Å². The molecule has 45 heavy (non-hydrogen) atoms. The molecule has 3 N–H and O–H groups in total. The van der Waals surface area contributed by atoms with E-state index in [9.17, 15) is 24.6 Å². The second kappa shape index (κ2) is 13.4. The van der Waals surface area contributed by atoms with Crippen molar-refractivity contribution < 1.29 is 34.1 Å². The molecule has 9 nitrogen and oxygen atoms in total. The molecule has 2 amide bonds. The van der Waals surface area contributed by atoms with Crippen LogP contribution in [0.5, 0.6) is 11.5 Å². The maximum absolute atomic E-state index is 14.2. The average Bonchev–Trinajstić information content (AvgIpc) is 3.41. The maximum Gasteiger partial charge on any atom is 0.247 e. The molecule has 0 saturated heterocycles. The maximum atomic E-state index is 14.2. The number of nitrogens with zero attached hydrogens (tertiary/aromatic N) is 1. The van der Waals surface area contributed by atoms with Crippen LogP contribution in [0.2, 0.25) is 0 Å². The molecule has 7 rings (SSSR count). The Labute approximate surface area is 266 Å². The zero-order chi connectivity index (χ0) is 31.7. The summed E-state index contributed by atoms with van der Waals surface area (Å²) < 4.78 is 12.0. The van der Waals surface area contributed by atoms with Crippen molar-refractivity contribution in [3.05, 3.63) is 34.9 Å². The number of ether oxygens (including phenoxy) is 2. The van der Waals surface area contributed by atoms with Crippen LogP contribution in [0, 0.1) is 23.2 Å². The highest BCUT2D eigenvalue weighted by Gasteiger charge is 2.55. The molecular weight excluding hydrogens is 572 g/mol. The van der Waals surface area contributed by atoms with Crippen LogP contribution in [0.25, 0.3) is 0 Å². The first kappa shape index (κ1) is 32.0. The number of unbranched alkanes of at least 4 members (excludes halogenated alkanes) is 4. The number of hydrogen-bond acceptors (Lipinski definition) is 7. The van der Waals surface area contributed by atoms with E-state index in [1.165, 1.54) is 26.4 Å². The van der Waals surface area contributed by atoms with E-state index < -0.39 is 24.2 Å². The number of aliphatic hydroxyl groups is 2. The van der Waals surface area contributed by atoms with E-state index >= 15 is 0 Å². The molecule has 6 aliphatic rings. The summed E-state index contributed by atoms with van der Waals surface area (Å²) in [4.78, 5) is 41.7. The first-order chi connectivity index (χ1) is 21.8. The number of benzene rings is 1. The van der Waals surface area contributed by atoms with E-state index in [2.05, 4.69) is 12.2 Å². The zero-order valence-electron chi connectivity index (χ0n) is 26.8. The van der Waals surface area contributed by atoms with Crippen molar-refractivity contribution >= 4 is 18.1 Å². The van der Waals surface area contributed by atoms with Crippen LogP contribution in [-0.4, -0.2) is 78.3 Å². The molecule has 5 aliphatic carbocycles. The van der Waals surface area contributed by atoms with Crippen LogP contribution in [0.1, 0.15) is 106 Å². The van der Waals surface area contributed by atoms with Crippen molar-refractivity contribution in [3.63, 3.8) is 0 Å². The number of carbonyl (C=O) groups excluding carboxylic acids is 3. The summed E-state index contributed by atoms with van der Waals surface area (Å²) in [7, 11) is 1.49. The second-order valence-electron chi connectivity index (χ2n) is 14.5. The summed E-state index contributed by atoms with van der Waals surface area (Å²) in [5.41, 5.74) is 1.39. The van der Waals surface area contributed by atoms with Gasteiger partial charge >= 0.3 is 0 Å². The highest BCUT2D eigenvalue weighted by atomic mass is 16.5. The fourth-order valence-corrected chi connectivity index (χ4v) is 9.79. The Balaban J connectivity index is 1.37. The Morgan fingerprint density at radius 3 is 2.40 bits per heavy atom. The highest BCUT2D eigenvalue weighted by molar-refractivity contribution is 5.96. The summed E-state index contributed by atoms with van der Waals surface area (Å²) in [5.74, 6) is 1.87. The minimum Gasteiger partial charge on any atom is -0.493 e. The minimum absolute atomic E-state index is 0.0208. The predicted molar refractivity (Wildman–Crippen MR) is 169 cm³/mol. The van der Waals surface area contributed by atoms with Crippen LogP contribution in [0.3, 0.4) is 0 Å². The molecule has 0 spiro atoms. The van der Waals surface area contributed by atoms with Gasteiger partial charge in [0.05, 0.1) is 25.7 Å². The van der Waals surface area contributed by atoms with Crippen molar-refractivity contribution in [2.24, 2.45) is 23.2 Å². The smallest absolute Gasteiger partial charge is 0.247 e. The van der Waals surface area contributed by atoms with E-state index in [1.54, 1.807) is 18.2 Å². The molecule has 1 aromatic carbocycles. The van der Waals surface area contributed by atoms with Gasteiger partial charge in [-0.2, -0.15) is 0 Å². The van der Waals surface area contributed by atoms with Crippen molar-refractivity contribution in [3.8, 4) is 11.5 Å². The third kappa shape index (κ3) is 6.27. The summed E-state index contributed by atoms with van der Waals surface area (Å²) in [5, 5.41) is 24.4. The molecule has 4 fully saturated rings. The first-order valence-corrected chi connectivity index (χ1v) is 17.2. The van der Waals surface area contributed by atoms with Gasteiger partial charge in [-0.25, -0.2) is 0 Å². The lowest BCUT2D eigenvalue weighted by atomic mass is 9.49. The SMILES string of the molecule is CCCCCCCC(=O)N(CC12CC3CC(CC(C3)C1)C2)[C@@H]1C=C(C(=O)NCCO)[C@@H]2c3cc(C=O)cc(OC)c3O[C@@H]2[C@H]1O. The Morgan fingerprint density at radius 2 is 1.78 bits per heavy atom. The van der Waals surface area contributed by atoms with Crippen LogP contribution >= 0.6 is 0 Å². The van der Waals surface area contributed by atoms with Gasteiger partial charge in [0.25, 0.3) is 0 Å². The van der Waals surface area contributed by atoms with Crippen molar-refractivity contribution in [2.45, 2.75) is 108 Å².